The molecule has 0 saturated carbocycles. The number of aliphatic imine (C=N–C) groups is 1. The zero-order valence-corrected chi connectivity index (χ0v) is 36.2. The molecule has 0 unspecified atom stereocenters. The molecule has 0 aromatic heterocycles. The summed E-state index contributed by atoms with van der Waals surface area (Å²) in [5, 5.41) is 37.5. The number of carbonyl (C=O) groups excluding carboxylic acids is 7. The lowest BCUT2D eigenvalue weighted by molar-refractivity contribution is -0.150. The van der Waals surface area contributed by atoms with Crippen LogP contribution < -0.4 is 48.7 Å². The summed E-state index contributed by atoms with van der Waals surface area (Å²) in [6.07, 6.45) is 1.58. The molecule has 1 aromatic carbocycles. The van der Waals surface area contributed by atoms with E-state index in [4.69, 9.17) is 11.5 Å². The summed E-state index contributed by atoms with van der Waals surface area (Å²) in [5.41, 5.74) is 11.7. The number of carboxylic acids is 2. The topological polar surface area (TPSA) is 346 Å². The van der Waals surface area contributed by atoms with Crippen LogP contribution in [0, 0.1) is 5.92 Å². The molecule has 22 nitrogen and oxygen atoms in total. The van der Waals surface area contributed by atoms with E-state index in [2.05, 4.69) is 42.2 Å². The van der Waals surface area contributed by atoms with Crippen molar-refractivity contribution in [2.24, 2.45) is 22.4 Å². The van der Waals surface area contributed by atoms with Crippen LogP contribution in [0.3, 0.4) is 0 Å². The molecule has 2 fully saturated rings. The number of nitrogens with two attached hydrogens (primary N) is 2. The fourth-order valence-corrected chi connectivity index (χ4v) is 7.16. The number of nitrogens with zero attached hydrogens (tertiary/aromatic N) is 2. The summed E-state index contributed by atoms with van der Waals surface area (Å²) in [4.78, 5) is 122. The Balaban J connectivity index is 1.69. The molecule has 7 amide bonds. The Hall–Kier alpha value is -6.32. The number of benzene rings is 1. The Bertz CT molecular complexity index is 1820. The summed E-state index contributed by atoms with van der Waals surface area (Å²) in [7, 11) is 0. The summed E-state index contributed by atoms with van der Waals surface area (Å²) in [5.74, 6) is -8.12. The third-order valence-corrected chi connectivity index (χ3v) is 10.7. The number of carbonyl (C=O) groups is 9. The first kappa shape index (κ1) is 51.0. The van der Waals surface area contributed by atoms with Gasteiger partial charge >= 0.3 is 11.9 Å². The van der Waals surface area contributed by atoms with Crippen molar-refractivity contribution < 1.29 is 53.4 Å². The van der Waals surface area contributed by atoms with Crippen molar-refractivity contribution in [3.8, 4) is 0 Å². The average molecular weight is 886 g/mol. The van der Waals surface area contributed by atoms with Gasteiger partial charge in [0.2, 0.25) is 41.4 Å². The Morgan fingerprint density at radius 2 is 1.37 bits per heavy atom. The van der Waals surface area contributed by atoms with E-state index in [1.807, 2.05) is 6.07 Å². The van der Waals surface area contributed by atoms with Crippen molar-refractivity contribution in [1.82, 2.24) is 42.1 Å². The van der Waals surface area contributed by atoms with E-state index < -0.39 is 108 Å². The molecular weight excluding hydrogens is 823 g/mol. The lowest BCUT2D eigenvalue weighted by Crippen LogP contribution is -2.60. The molecule has 2 aliphatic rings. The number of amides is 7. The number of likely N-dealkylation sites (tertiary alicyclic amines) is 1. The predicted molar refractivity (Wildman–Crippen MR) is 228 cm³/mol. The van der Waals surface area contributed by atoms with Crippen molar-refractivity contribution in [2.75, 3.05) is 19.6 Å². The van der Waals surface area contributed by atoms with Crippen LogP contribution in [-0.2, 0) is 49.6 Å². The SMILES string of the molecule is CC(C)[C@H](NC(=O)[C@H](C)NC(=O)[C@H](CCCN=C(N)N)NC(=O)[C@H](Cc1ccccc1)NC(=O)[C@@H]1CCCN1)C(=O)N[C@@H](C)C(=O)N[C@@H](CCC(=O)O)C(=O)N1CCC[C@H]1C(=O)O. The average Bonchev–Trinajstić information content (AvgIpc) is 3.96. The summed E-state index contributed by atoms with van der Waals surface area (Å²) in [6, 6.07) is -0.0243. The molecule has 0 bridgehead atoms. The lowest BCUT2D eigenvalue weighted by Gasteiger charge is -2.29. The van der Waals surface area contributed by atoms with E-state index in [0.717, 1.165) is 16.9 Å². The number of carboxylic acid groups (broad SMARTS) is 2. The summed E-state index contributed by atoms with van der Waals surface area (Å²) >= 11 is 0. The molecule has 348 valence electrons. The van der Waals surface area contributed by atoms with E-state index in [0.29, 0.717) is 19.4 Å². The highest BCUT2D eigenvalue weighted by Crippen LogP contribution is 2.20. The zero-order chi connectivity index (χ0) is 46.8. The fourth-order valence-electron chi connectivity index (χ4n) is 7.16. The van der Waals surface area contributed by atoms with Gasteiger partial charge in [-0.25, -0.2) is 4.79 Å². The number of aliphatic carboxylic acids is 2. The highest BCUT2D eigenvalue weighted by atomic mass is 16.4. The Labute approximate surface area is 365 Å². The lowest BCUT2D eigenvalue weighted by atomic mass is 10.0. The smallest absolute Gasteiger partial charge is 0.326 e. The van der Waals surface area contributed by atoms with E-state index in [1.54, 1.807) is 38.1 Å². The third kappa shape index (κ3) is 16.5. The second-order valence-corrected chi connectivity index (χ2v) is 16.1. The second-order valence-electron chi connectivity index (χ2n) is 16.1. The first-order chi connectivity index (χ1) is 29.8. The highest BCUT2D eigenvalue weighted by molar-refractivity contribution is 5.97. The third-order valence-electron chi connectivity index (χ3n) is 10.7. The van der Waals surface area contributed by atoms with Crippen LogP contribution in [0.1, 0.15) is 84.6 Å². The van der Waals surface area contributed by atoms with Crippen molar-refractivity contribution in [3.63, 3.8) is 0 Å². The maximum atomic E-state index is 13.8. The Kier molecular flexibility index (Phi) is 20.2. The molecule has 2 saturated heterocycles. The first-order valence-electron chi connectivity index (χ1n) is 21.2. The van der Waals surface area contributed by atoms with Crippen molar-refractivity contribution >= 4 is 59.2 Å². The van der Waals surface area contributed by atoms with E-state index in [9.17, 15) is 53.4 Å². The molecule has 22 heteroatoms. The molecule has 8 atom stereocenters. The monoisotopic (exact) mass is 885 g/mol. The minimum atomic E-state index is -1.39. The molecule has 0 radical (unpaired) electrons. The number of nitrogens with one attached hydrogen (secondary N) is 7. The molecule has 0 spiro atoms. The molecule has 2 heterocycles. The van der Waals surface area contributed by atoms with Gasteiger partial charge < -0.3 is 63.8 Å². The van der Waals surface area contributed by atoms with E-state index in [-0.39, 0.29) is 57.1 Å². The van der Waals surface area contributed by atoms with Gasteiger partial charge in [-0.2, -0.15) is 0 Å². The molecule has 63 heavy (non-hydrogen) atoms. The van der Waals surface area contributed by atoms with Crippen molar-refractivity contribution in [3.05, 3.63) is 35.9 Å². The summed E-state index contributed by atoms with van der Waals surface area (Å²) in [6.45, 7) is 6.83. The molecule has 2 aliphatic heterocycles. The Morgan fingerprint density at radius 3 is 1.95 bits per heavy atom. The molecule has 13 N–H and O–H groups in total. The standard InChI is InChI=1S/C41H63N11O11/c1-22(2)32(38(60)47-23(3)33(55)49-28(16-17-31(53)54)39(61)52-20-10-15-30(52)40(62)63)51-34(56)24(4)46-36(58)27(14-9-19-45-41(42)43)48-37(59)29(21-25-11-6-5-7-12-25)50-35(57)26-13-8-18-44-26/h5-7,11-12,22-24,26-30,32,44H,8-10,13-21H2,1-4H3,(H,46,58)(H,47,60)(H,48,59)(H,49,55)(H,50,57)(H,51,56)(H,53,54)(H,62,63)(H4,42,43,45)/t23-,24-,26-,27-,28-,29-,30-,32-/m0/s1. The van der Waals surface area contributed by atoms with Gasteiger partial charge in [-0.05, 0) is 76.8 Å². The second kappa shape index (κ2) is 25.0. The van der Waals surface area contributed by atoms with Crippen LogP contribution >= 0.6 is 0 Å². The van der Waals surface area contributed by atoms with Gasteiger partial charge in [0.1, 0.15) is 42.3 Å². The largest absolute Gasteiger partial charge is 0.481 e. The first-order valence-corrected chi connectivity index (χ1v) is 21.2. The number of rotatable bonds is 24. The normalized spacial score (nSPS) is 18.7. The van der Waals surface area contributed by atoms with Gasteiger partial charge in [-0.15, -0.1) is 0 Å². The van der Waals surface area contributed by atoms with Crippen LogP contribution in [0.15, 0.2) is 35.3 Å². The van der Waals surface area contributed by atoms with Gasteiger partial charge in [-0.1, -0.05) is 44.2 Å². The zero-order valence-electron chi connectivity index (χ0n) is 36.2. The Morgan fingerprint density at radius 1 is 0.746 bits per heavy atom. The maximum Gasteiger partial charge on any atom is 0.326 e. The number of hydrogen-bond acceptors (Lipinski definition) is 11. The van der Waals surface area contributed by atoms with Crippen LogP contribution in [-0.4, -0.2) is 142 Å². The van der Waals surface area contributed by atoms with Gasteiger partial charge in [0.15, 0.2) is 5.96 Å². The molecular formula is C41H63N11O11. The van der Waals surface area contributed by atoms with Gasteiger partial charge in [0.05, 0.1) is 6.04 Å². The van der Waals surface area contributed by atoms with E-state index in [1.165, 1.54) is 13.8 Å². The molecule has 0 aliphatic carbocycles. The van der Waals surface area contributed by atoms with Gasteiger partial charge in [0, 0.05) is 25.9 Å². The maximum absolute atomic E-state index is 13.8. The van der Waals surface area contributed by atoms with Crippen molar-refractivity contribution in [1.29, 1.82) is 0 Å². The van der Waals surface area contributed by atoms with Crippen LogP contribution in [0.2, 0.25) is 0 Å². The molecule has 1 aromatic rings. The van der Waals surface area contributed by atoms with E-state index >= 15 is 0 Å². The van der Waals surface area contributed by atoms with Crippen LogP contribution in [0.25, 0.3) is 0 Å². The fraction of sp³-hybridized carbons (Fsp3) is 0.610. The number of guanidine groups is 1. The van der Waals surface area contributed by atoms with Crippen LogP contribution in [0.4, 0.5) is 0 Å². The van der Waals surface area contributed by atoms with Gasteiger partial charge in [-0.3, -0.25) is 43.3 Å². The number of hydrogen-bond donors (Lipinski definition) is 11. The minimum Gasteiger partial charge on any atom is -0.481 e. The quantitative estimate of drug-likeness (QED) is 0.0293. The van der Waals surface area contributed by atoms with Crippen LogP contribution in [0.5, 0.6) is 0 Å². The van der Waals surface area contributed by atoms with Crippen molar-refractivity contribution in [2.45, 2.75) is 134 Å². The minimum absolute atomic E-state index is 0.0385. The highest BCUT2D eigenvalue weighted by Gasteiger charge is 2.39. The summed E-state index contributed by atoms with van der Waals surface area (Å²) < 4.78 is 0. The predicted octanol–water partition coefficient (Wildman–Crippen LogP) is -2.42. The van der Waals surface area contributed by atoms with Gasteiger partial charge in [0.25, 0.3) is 0 Å². The molecule has 3 rings (SSSR count).